The lowest BCUT2D eigenvalue weighted by Gasteiger charge is -2.34. The Morgan fingerprint density at radius 3 is 2.79 bits per heavy atom. The van der Waals surface area contributed by atoms with E-state index in [0.717, 1.165) is 25.0 Å². The number of halogens is 1. The Kier molecular flexibility index (Phi) is 6.82. The van der Waals surface area contributed by atoms with Gasteiger partial charge in [-0.15, -0.1) is 0 Å². The Labute approximate surface area is 147 Å². The fourth-order valence-electron chi connectivity index (χ4n) is 2.90. The minimum atomic E-state index is -0.588. The zero-order valence-corrected chi connectivity index (χ0v) is 14.7. The Hall–Kier alpha value is -1.85. The number of rotatable bonds is 5. The number of ether oxygens (including phenoxy) is 2. The average Bonchev–Trinajstić information content (AvgIpc) is 2.57. The molecular formula is C18H22ClNO4. The van der Waals surface area contributed by atoms with Crippen LogP contribution in [0.5, 0.6) is 0 Å². The van der Waals surface area contributed by atoms with E-state index in [1.165, 1.54) is 13.2 Å². The van der Waals surface area contributed by atoms with Crippen molar-refractivity contribution in [2.75, 3.05) is 26.8 Å². The second kappa shape index (κ2) is 8.85. The number of benzene rings is 1. The molecule has 0 radical (unpaired) electrons. The highest BCUT2D eigenvalue weighted by Gasteiger charge is 2.32. The van der Waals surface area contributed by atoms with Gasteiger partial charge in [0.25, 0.3) is 0 Å². The third-order valence-corrected chi connectivity index (χ3v) is 4.29. The van der Waals surface area contributed by atoms with Gasteiger partial charge in [-0.25, -0.2) is 9.59 Å². The Morgan fingerprint density at radius 1 is 1.38 bits per heavy atom. The van der Waals surface area contributed by atoms with Crippen LogP contribution in [0.15, 0.2) is 35.9 Å². The van der Waals surface area contributed by atoms with Gasteiger partial charge in [0.2, 0.25) is 0 Å². The summed E-state index contributed by atoms with van der Waals surface area (Å²) < 4.78 is 9.95. The lowest BCUT2D eigenvalue weighted by molar-refractivity contribution is -0.147. The van der Waals surface area contributed by atoms with Crippen LogP contribution in [0.25, 0.3) is 0 Å². The summed E-state index contributed by atoms with van der Waals surface area (Å²) in [6.45, 7) is 3.35. The van der Waals surface area contributed by atoms with E-state index in [4.69, 9.17) is 21.1 Å². The molecule has 0 amide bonds. The summed E-state index contributed by atoms with van der Waals surface area (Å²) in [5, 5.41) is 0.523. The first-order valence-corrected chi connectivity index (χ1v) is 8.37. The van der Waals surface area contributed by atoms with Crippen molar-refractivity contribution >= 4 is 23.5 Å². The Balaban J connectivity index is 2.25. The molecular weight excluding hydrogens is 330 g/mol. The molecule has 1 atom stereocenters. The van der Waals surface area contributed by atoms with Crippen LogP contribution in [-0.2, 0) is 19.1 Å². The minimum Gasteiger partial charge on any atom is -0.468 e. The first kappa shape index (κ1) is 18.5. The van der Waals surface area contributed by atoms with Crippen LogP contribution in [0.3, 0.4) is 0 Å². The standard InChI is InChI=1S/C18H22ClNO4/c1-3-24-16(21)11-13-7-6-10-20(12-13)17(18(22)23-2)14-8-4-5-9-15(14)19/h4-5,8-9,11,17H,3,6-7,10,12H2,1-2H3. The lowest BCUT2D eigenvalue weighted by atomic mass is 9.98. The highest BCUT2D eigenvalue weighted by Crippen LogP contribution is 2.31. The van der Waals surface area contributed by atoms with Gasteiger partial charge in [0.1, 0.15) is 6.04 Å². The topological polar surface area (TPSA) is 55.8 Å². The fraction of sp³-hybridized carbons (Fsp3) is 0.444. The van der Waals surface area contributed by atoms with Crippen LogP contribution < -0.4 is 0 Å². The van der Waals surface area contributed by atoms with Crippen LogP contribution in [0, 0.1) is 0 Å². The number of piperidine rings is 1. The van der Waals surface area contributed by atoms with Crippen molar-refractivity contribution in [2.24, 2.45) is 0 Å². The summed E-state index contributed by atoms with van der Waals surface area (Å²) >= 11 is 6.28. The molecule has 0 N–H and O–H groups in total. The number of esters is 2. The van der Waals surface area contributed by atoms with Gasteiger partial charge in [0.15, 0.2) is 0 Å². The predicted molar refractivity (Wildman–Crippen MR) is 91.7 cm³/mol. The number of methoxy groups -OCH3 is 1. The maximum absolute atomic E-state index is 12.4. The molecule has 0 bridgehead atoms. The molecule has 24 heavy (non-hydrogen) atoms. The molecule has 0 aliphatic carbocycles. The van der Waals surface area contributed by atoms with E-state index in [9.17, 15) is 9.59 Å². The second-order valence-electron chi connectivity index (χ2n) is 5.58. The predicted octanol–water partition coefficient (Wildman–Crippen LogP) is 3.14. The molecule has 1 fully saturated rings. The fourth-order valence-corrected chi connectivity index (χ4v) is 3.14. The summed E-state index contributed by atoms with van der Waals surface area (Å²) in [5.74, 6) is -0.706. The van der Waals surface area contributed by atoms with Crippen molar-refractivity contribution in [3.05, 3.63) is 46.5 Å². The van der Waals surface area contributed by atoms with Gasteiger partial charge >= 0.3 is 11.9 Å². The maximum atomic E-state index is 12.4. The highest BCUT2D eigenvalue weighted by atomic mass is 35.5. The zero-order chi connectivity index (χ0) is 17.5. The molecule has 1 aromatic rings. The monoisotopic (exact) mass is 351 g/mol. The van der Waals surface area contributed by atoms with Crippen LogP contribution in [0.4, 0.5) is 0 Å². The van der Waals surface area contributed by atoms with Gasteiger partial charge in [-0.2, -0.15) is 0 Å². The smallest absolute Gasteiger partial charge is 0.330 e. The minimum absolute atomic E-state index is 0.344. The van der Waals surface area contributed by atoms with E-state index in [-0.39, 0.29) is 11.9 Å². The Bertz CT molecular complexity index is 629. The van der Waals surface area contributed by atoms with Crippen molar-refractivity contribution in [1.82, 2.24) is 4.90 Å². The summed E-state index contributed by atoms with van der Waals surface area (Å²) in [4.78, 5) is 26.0. The molecule has 1 aromatic carbocycles. The van der Waals surface area contributed by atoms with Gasteiger partial charge in [0, 0.05) is 17.6 Å². The van der Waals surface area contributed by atoms with Gasteiger partial charge in [-0.3, -0.25) is 4.90 Å². The third-order valence-electron chi connectivity index (χ3n) is 3.95. The van der Waals surface area contributed by atoms with E-state index < -0.39 is 6.04 Å². The van der Waals surface area contributed by atoms with Gasteiger partial charge in [0.05, 0.1) is 13.7 Å². The quantitative estimate of drug-likeness (QED) is 0.602. The van der Waals surface area contributed by atoms with Crippen LogP contribution in [0.2, 0.25) is 5.02 Å². The maximum Gasteiger partial charge on any atom is 0.330 e. The van der Waals surface area contributed by atoms with E-state index in [1.54, 1.807) is 13.0 Å². The van der Waals surface area contributed by atoms with Gasteiger partial charge in [-0.05, 0) is 43.5 Å². The number of hydrogen-bond acceptors (Lipinski definition) is 5. The molecule has 1 heterocycles. The number of likely N-dealkylation sites (tertiary alicyclic amines) is 1. The van der Waals surface area contributed by atoms with Crippen molar-refractivity contribution in [3.63, 3.8) is 0 Å². The molecule has 0 aromatic heterocycles. The first-order valence-electron chi connectivity index (χ1n) is 7.99. The van der Waals surface area contributed by atoms with Crippen LogP contribution in [-0.4, -0.2) is 43.6 Å². The number of hydrogen-bond donors (Lipinski definition) is 0. The first-order chi connectivity index (χ1) is 11.6. The van der Waals surface area contributed by atoms with E-state index in [1.807, 2.05) is 23.1 Å². The Morgan fingerprint density at radius 2 is 2.12 bits per heavy atom. The van der Waals surface area contributed by atoms with Crippen LogP contribution in [0.1, 0.15) is 31.4 Å². The molecule has 0 spiro atoms. The SMILES string of the molecule is CCOC(=O)C=C1CCCN(C(C(=O)OC)c2ccccc2Cl)C1. The van der Waals surface area contributed by atoms with Crippen molar-refractivity contribution < 1.29 is 19.1 Å². The van der Waals surface area contributed by atoms with E-state index >= 15 is 0 Å². The lowest BCUT2D eigenvalue weighted by Crippen LogP contribution is -2.39. The van der Waals surface area contributed by atoms with Crippen molar-refractivity contribution in [1.29, 1.82) is 0 Å². The molecule has 1 aliphatic rings. The van der Waals surface area contributed by atoms with E-state index in [0.29, 0.717) is 23.7 Å². The molecule has 5 nitrogen and oxygen atoms in total. The third kappa shape index (κ3) is 4.58. The summed E-state index contributed by atoms with van der Waals surface area (Å²) in [6, 6.07) is 6.66. The molecule has 6 heteroatoms. The van der Waals surface area contributed by atoms with Gasteiger partial charge < -0.3 is 9.47 Å². The number of carbonyl (C=O) groups excluding carboxylic acids is 2. The molecule has 0 saturated carbocycles. The van der Waals surface area contributed by atoms with Gasteiger partial charge in [-0.1, -0.05) is 29.8 Å². The summed E-state index contributed by atoms with van der Waals surface area (Å²) in [7, 11) is 1.37. The molecule has 130 valence electrons. The average molecular weight is 352 g/mol. The van der Waals surface area contributed by atoms with Crippen molar-refractivity contribution in [2.45, 2.75) is 25.8 Å². The number of carbonyl (C=O) groups is 2. The molecule has 1 unspecified atom stereocenters. The molecule has 1 saturated heterocycles. The number of nitrogens with zero attached hydrogens (tertiary/aromatic N) is 1. The zero-order valence-electron chi connectivity index (χ0n) is 14.0. The largest absolute Gasteiger partial charge is 0.468 e. The highest BCUT2D eigenvalue weighted by molar-refractivity contribution is 6.31. The second-order valence-corrected chi connectivity index (χ2v) is 5.98. The van der Waals surface area contributed by atoms with Crippen molar-refractivity contribution in [3.8, 4) is 0 Å². The summed E-state index contributed by atoms with van der Waals surface area (Å²) in [6.07, 6.45) is 3.19. The summed E-state index contributed by atoms with van der Waals surface area (Å²) in [5.41, 5.74) is 1.66. The van der Waals surface area contributed by atoms with E-state index in [2.05, 4.69) is 0 Å². The molecule has 1 aliphatic heterocycles. The van der Waals surface area contributed by atoms with Crippen LogP contribution >= 0.6 is 11.6 Å². The normalized spacial score (nSPS) is 18.2. The molecule has 2 rings (SSSR count).